The van der Waals surface area contributed by atoms with Crippen LogP contribution in [0.2, 0.25) is 0 Å². The van der Waals surface area contributed by atoms with E-state index in [1.807, 2.05) is 0 Å². The first-order valence-corrected chi connectivity index (χ1v) is 5.95. The Labute approximate surface area is 115 Å². The van der Waals surface area contributed by atoms with Gasteiger partial charge in [0.2, 0.25) is 0 Å². The highest BCUT2D eigenvalue weighted by molar-refractivity contribution is 6.07. The van der Waals surface area contributed by atoms with E-state index in [2.05, 4.69) is 0 Å². The van der Waals surface area contributed by atoms with Crippen LogP contribution in [0, 0.1) is 0 Å². The molecule has 0 fully saturated rings. The normalized spacial score (nSPS) is 14.0. The van der Waals surface area contributed by atoms with Gasteiger partial charge in [-0.1, -0.05) is 6.07 Å². The minimum atomic E-state index is -5.24. The number of carbonyl (C=O) groups excluding carboxylic acids is 1. The van der Waals surface area contributed by atoms with Gasteiger partial charge in [0.1, 0.15) is 23.7 Å². The number of nitrogens with zero attached hydrogens (tertiary/aromatic N) is 1. The van der Waals surface area contributed by atoms with E-state index in [1.165, 1.54) is 18.2 Å². The number of aromatic nitrogens is 1. The van der Waals surface area contributed by atoms with Gasteiger partial charge >= 0.3 is 6.18 Å². The molecule has 2 aromatic rings. The summed E-state index contributed by atoms with van der Waals surface area (Å²) < 4.78 is 44.1. The lowest BCUT2D eigenvalue weighted by molar-refractivity contribution is -0.0887. The van der Waals surface area contributed by atoms with E-state index >= 15 is 0 Å². The Morgan fingerprint density at radius 2 is 2.05 bits per heavy atom. The lowest BCUT2D eigenvalue weighted by Crippen LogP contribution is -2.35. The first-order chi connectivity index (χ1) is 9.82. The Morgan fingerprint density at radius 1 is 1.33 bits per heavy atom. The number of hydrogen-bond donors (Lipinski definition) is 1. The summed E-state index contributed by atoms with van der Waals surface area (Å²) >= 11 is 0. The number of ether oxygens (including phenoxy) is 1. The maximum Gasteiger partial charge on any atom is 0.455 e. The molecular formula is C13H8F3NO4. The number of Topliss-reactive ketones (excluding diaryl/α,β-unsaturated/α-hetero) is 1. The third-order valence-corrected chi connectivity index (χ3v) is 3.28. The second kappa shape index (κ2) is 4.24. The average molecular weight is 299 g/mol. The van der Waals surface area contributed by atoms with Gasteiger partial charge in [-0.25, -0.2) is 0 Å². The number of pyridine rings is 1. The summed E-state index contributed by atoms with van der Waals surface area (Å²) in [7, 11) is 0. The summed E-state index contributed by atoms with van der Waals surface area (Å²) in [5.74, 6) is -3.05. The topological polar surface area (TPSA) is 68.5 Å². The Hall–Kier alpha value is -2.51. The third kappa shape index (κ3) is 1.86. The van der Waals surface area contributed by atoms with Crippen molar-refractivity contribution in [3.05, 3.63) is 34.1 Å². The molecule has 0 saturated heterocycles. The van der Waals surface area contributed by atoms with Gasteiger partial charge in [-0.05, 0) is 12.1 Å². The van der Waals surface area contributed by atoms with Gasteiger partial charge in [-0.15, -0.1) is 0 Å². The van der Waals surface area contributed by atoms with Crippen LogP contribution in [0.1, 0.15) is 10.4 Å². The second-order valence-corrected chi connectivity index (χ2v) is 4.51. The van der Waals surface area contributed by atoms with Crippen LogP contribution in [-0.2, 0) is 6.54 Å². The quantitative estimate of drug-likeness (QED) is 0.816. The van der Waals surface area contributed by atoms with Gasteiger partial charge in [0.05, 0.1) is 12.1 Å². The second-order valence-electron chi connectivity index (χ2n) is 4.51. The predicted octanol–water partition coefficient (Wildman–Crippen LogP) is 1.84. The molecule has 0 atom stereocenters. The molecule has 1 aliphatic rings. The molecule has 2 heterocycles. The number of halogens is 3. The first kappa shape index (κ1) is 13.5. The zero-order chi connectivity index (χ0) is 15.4. The van der Waals surface area contributed by atoms with Crippen LogP contribution in [0.4, 0.5) is 13.2 Å². The smallest absolute Gasteiger partial charge is 0.455 e. The molecule has 0 bridgehead atoms. The van der Waals surface area contributed by atoms with Crippen LogP contribution in [0.3, 0.4) is 0 Å². The molecule has 0 aliphatic carbocycles. The van der Waals surface area contributed by atoms with Gasteiger partial charge in [-0.2, -0.15) is 13.2 Å². The molecule has 0 spiro atoms. The van der Waals surface area contributed by atoms with E-state index in [1.54, 1.807) is 0 Å². The minimum Gasteiger partial charge on any atom is -0.506 e. The van der Waals surface area contributed by atoms with E-state index < -0.39 is 28.8 Å². The molecule has 0 amide bonds. The average Bonchev–Trinajstić information content (AvgIpc) is 2.43. The summed E-state index contributed by atoms with van der Waals surface area (Å²) in [5, 5.41) is 9.91. The number of carbonyl (C=O) groups is 1. The van der Waals surface area contributed by atoms with Crippen LogP contribution in [0.25, 0.3) is 10.9 Å². The van der Waals surface area contributed by atoms with Crippen LogP contribution >= 0.6 is 0 Å². The van der Waals surface area contributed by atoms with Crippen molar-refractivity contribution in [2.75, 3.05) is 6.61 Å². The summed E-state index contributed by atoms with van der Waals surface area (Å²) in [4.78, 5) is 23.5. The van der Waals surface area contributed by atoms with Crippen molar-refractivity contribution < 1.29 is 27.8 Å². The molecule has 1 aromatic heterocycles. The zero-order valence-electron chi connectivity index (χ0n) is 10.4. The molecule has 0 radical (unpaired) electrons. The SMILES string of the molecule is O=C(c1c(O)c2cccc3c2n(c1=O)CCO3)C(F)(F)F. The molecule has 1 N–H and O–H groups in total. The molecule has 21 heavy (non-hydrogen) atoms. The lowest BCUT2D eigenvalue weighted by atomic mass is 10.1. The van der Waals surface area contributed by atoms with Crippen LogP contribution < -0.4 is 10.3 Å². The van der Waals surface area contributed by atoms with Crippen molar-refractivity contribution in [3.63, 3.8) is 0 Å². The molecule has 1 aromatic carbocycles. The third-order valence-electron chi connectivity index (χ3n) is 3.28. The molecule has 5 nitrogen and oxygen atoms in total. The van der Waals surface area contributed by atoms with E-state index in [4.69, 9.17) is 4.74 Å². The number of alkyl halides is 3. The van der Waals surface area contributed by atoms with Crippen molar-refractivity contribution in [1.29, 1.82) is 0 Å². The van der Waals surface area contributed by atoms with Gasteiger partial charge in [0.15, 0.2) is 0 Å². The molecule has 1 aliphatic heterocycles. The summed E-state index contributed by atoms with van der Waals surface area (Å²) in [6.07, 6.45) is -5.24. The summed E-state index contributed by atoms with van der Waals surface area (Å²) in [5.41, 5.74) is -2.24. The number of aromatic hydroxyl groups is 1. The van der Waals surface area contributed by atoms with E-state index in [0.717, 1.165) is 4.57 Å². The summed E-state index contributed by atoms with van der Waals surface area (Å²) in [6, 6.07) is 4.31. The highest BCUT2D eigenvalue weighted by Gasteiger charge is 2.43. The van der Waals surface area contributed by atoms with Crippen molar-refractivity contribution in [2.45, 2.75) is 12.7 Å². The molecule has 3 rings (SSSR count). The van der Waals surface area contributed by atoms with Gasteiger partial charge in [-0.3, -0.25) is 9.59 Å². The fraction of sp³-hybridized carbons (Fsp3) is 0.231. The van der Waals surface area contributed by atoms with Crippen molar-refractivity contribution in [2.24, 2.45) is 0 Å². The maximum absolute atomic E-state index is 12.6. The Balaban J connectivity index is 2.45. The standard InChI is InChI=1S/C13H8F3NO4/c14-13(15,16)11(19)8-10(18)6-2-1-3-7-9(6)17(12(8)20)4-5-21-7/h1-3,18H,4-5H2. The Bertz CT molecular complexity index is 823. The molecular weight excluding hydrogens is 291 g/mol. The molecule has 110 valence electrons. The zero-order valence-corrected chi connectivity index (χ0v) is 10.4. The number of ketones is 1. The van der Waals surface area contributed by atoms with Gasteiger partial charge < -0.3 is 14.4 Å². The fourth-order valence-electron chi connectivity index (χ4n) is 2.39. The first-order valence-electron chi connectivity index (χ1n) is 5.95. The van der Waals surface area contributed by atoms with E-state index in [9.17, 15) is 27.9 Å². The predicted molar refractivity (Wildman–Crippen MR) is 65.8 cm³/mol. The molecule has 0 saturated carbocycles. The van der Waals surface area contributed by atoms with Crippen molar-refractivity contribution in [1.82, 2.24) is 4.57 Å². The Morgan fingerprint density at radius 3 is 2.71 bits per heavy atom. The van der Waals surface area contributed by atoms with Gasteiger partial charge in [0.25, 0.3) is 11.3 Å². The molecule has 0 unspecified atom stereocenters. The van der Waals surface area contributed by atoms with Crippen LogP contribution in [0.5, 0.6) is 11.5 Å². The number of rotatable bonds is 1. The molecule has 8 heteroatoms. The fourth-order valence-corrected chi connectivity index (χ4v) is 2.39. The number of para-hydroxylation sites is 1. The minimum absolute atomic E-state index is 0.00473. The van der Waals surface area contributed by atoms with Crippen LogP contribution in [-0.4, -0.2) is 28.2 Å². The van der Waals surface area contributed by atoms with E-state index in [0.29, 0.717) is 0 Å². The summed E-state index contributed by atoms with van der Waals surface area (Å²) in [6.45, 7) is 0.0984. The largest absolute Gasteiger partial charge is 0.506 e. The van der Waals surface area contributed by atoms with Crippen molar-refractivity contribution in [3.8, 4) is 11.5 Å². The maximum atomic E-state index is 12.6. The van der Waals surface area contributed by atoms with E-state index in [-0.39, 0.29) is 29.8 Å². The highest BCUT2D eigenvalue weighted by Crippen LogP contribution is 2.35. The Kier molecular flexibility index (Phi) is 2.72. The van der Waals surface area contributed by atoms with Gasteiger partial charge in [0, 0.05) is 5.39 Å². The monoisotopic (exact) mass is 299 g/mol. The number of hydrogen-bond acceptors (Lipinski definition) is 4. The number of benzene rings is 1. The lowest BCUT2D eigenvalue weighted by Gasteiger charge is -2.21. The van der Waals surface area contributed by atoms with Crippen LogP contribution in [0.15, 0.2) is 23.0 Å². The van der Waals surface area contributed by atoms with Crippen molar-refractivity contribution >= 4 is 16.7 Å². The highest BCUT2D eigenvalue weighted by atomic mass is 19.4.